The third-order valence-corrected chi connectivity index (χ3v) is 4.11. The molecule has 106 valence electrons. The molecule has 0 bridgehead atoms. The van der Waals surface area contributed by atoms with Gasteiger partial charge in [-0.05, 0) is 24.0 Å². The molecule has 0 spiro atoms. The van der Waals surface area contributed by atoms with Crippen LogP contribution in [0.3, 0.4) is 0 Å². The largest absolute Gasteiger partial charge is 0.358 e. The third kappa shape index (κ3) is 4.17. The van der Waals surface area contributed by atoms with Gasteiger partial charge in [0, 0.05) is 17.6 Å². The van der Waals surface area contributed by atoms with Crippen molar-refractivity contribution in [3.05, 3.63) is 83.4 Å². The van der Waals surface area contributed by atoms with E-state index < -0.39 is 0 Å². The third-order valence-electron chi connectivity index (χ3n) is 3.41. The normalized spacial score (nSPS) is 10.7. The zero-order valence-corrected chi connectivity index (χ0v) is 12.6. The summed E-state index contributed by atoms with van der Waals surface area (Å²) in [7, 11) is 0. The number of aromatic nitrogens is 1. The number of thiazole rings is 1. The molecule has 0 aliphatic rings. The first-order valence-electron chi connectivity index (χ1n) is 7.14. The van der Waals surface area contributed by atoms with Gasteiger partial charge in [0.25, 0.3) is 0 Å². The van der Waals surface area contributed by atoms with Crippen molar-refractivity contribution in [3.63, 3.8) is 0 Å². The van der Waals surface area contributed by atoms with E-state index in [9.17, 15) is 0 Å². The standard InChI is InChI=1S/C18H18N2S/c1-3-7-15(8-4-1)13-17(20-18-19-11-12-21-18)14-16-9-5-2-6-10-16/h1-12,17H,13-14H2,(H,19,20). The lowest BCUT2D eigenvalue weighted by Gasteiger charge is -2.18. The highest BCUT2D eigenvalue weighted by atomic mass is 32.1. The minimum Gasteiger partial charge on any atom is -0.358 e. The van der Waals surface area contributed by atoms with Crippen LogP contribution in [0, 0.1) is 0 Å². The van der Waals surface area contributed by atoms with Gasteiger partial charge in [0.15, 0.2) is 5.13 Å². The van der Waals surface area contributed by atoms with E-state index in [1.807, 2.05) is 11.6 Å². The molecule has 3 heteroatoms. The highest BCUT2D eigenvalue weighted by Gasteiger charge is 2.11. The molecule has 1 aromatic heterocycles. The lowest BCUT2D eigenvalue weighted by molar-refractivity contribution is 0.709. The molecule has 0 radical (unpaired) electrons. The van der Waals surface area contributed by atoms with Crippen LogP contribution >= 0.6 is 11.3 Å². The van der Waals surface area contributed by atoms with Crippen molar-refractivity contribution in [3.8, 4) is 0 Å². The van der Waals surface area contributed by atoms with Crippen LogP contribution in [-0.2, 0) is 12.8 Å². The maximum absolute atomic E-state index is 4.35. The van der Waals surface area contributed by atoms with Crippen molar-refractivity contribution in [2.75, 3.05) is 5.32 Å². The van der Waals surface area contributed by atoms with E-state index in [0.29, 0.717) is 6.04 Å². The average molecular weight is 294 g/mol. The topological polar surface area (TPSA) is 24.9 Å². The summed E-state index contributed by atoms with van der Waals surface area (Å²) in [6, 6.07) is 21.6. The second kappa shape index (κ2) is 7.04. The molecule has 0 atom stereocenters. The van der Waals surface area contributed by atoms with Crippen LogP contribution in [0.25, 0.3) is 0 Å². The second-order valence-corrected chi connectivity index (χ2v) is 5.95. The van der Waals surface area contributed by atoms with Crippen LogP contribution in [0.2, 0.25) is 0 Å². The Hall–Kier alpha value is -2.13. The number of hydrogen-bond donors (Lipinski definition) is 1. The van der Waals surface area contributed by atoms with Crippen molar-refractivity contribution in [2.45, 2.75) is 18.9 Å². The maximum atomic E-state index is 4.35. The maximum Gasteiger partial charge on any atom is 0.182 e. The summed E-state index contributed by atoms with van der Waals surface area (Å²) in [4.78, 5) is 4.35. The number of hydrogen-bond acceptors (Lipinski definition) is 3. The van der Waals surface area contributed by atoms with Crippen molar-refractivity contribution in [1.29, 1.82) is 0 Å². The van der Waals surface area contributed by atoms with E-state index in [1.54, 1.807) is 11.3 Å². The van der Waals surface area contributed by atoms with Gasteiger partial charge < -0.3 is 5.32 Å². The smallest absolute Gasteiger partial charge is 0.182 e. The minimum absolute atomic E-state index is 0.348. The van der Waals surface area contributed by atoms with E-state index >= 15 is 0 Å². The number of rotatable bonds is 6. The Bertz CT molecular complexity index is 594. The van der Waals surface area contributed by atoms with Crippen LogP contribution in [0.5, 0.6) is 0 Å². The van der Waals surface area contributed by atoms with Crippen molar-refractivity contribution >= 4 is 16.5 Å². The summed E-state index contributed by atoms with van der Waals surface area (Å²) in [6.45, 7) is 0. The van der Waals surface area contributed by atoms with Crippen molar-refractivity contribution in [1.82, 2.24) is 4.98 Å². The van der Waals surface area contributed by atoms with E-state index in [0.717, 1.165) is 18.0 Å². The monoisotopic (exact) mass is 294 g/mol. The van der Waals surface area contributed by atoms with Gasteiger partial charge in [-0.15, -0.1) is 11.3 Å². The fourth-order valence-corrected chi connectivity index (χ4v) is 3.05. The number of nitrogens with zero attached hydrogens (tertiary/aromatic N) is 1. The summed E-state index contributed by atoms with van der Waals surface area (Å²) in [6.07, 6.45) is 3.83. The Balaban J connectivity index is 1.74. The quantitative estimate of drug-likeness (QED) is 0.728. The molecular formula is C18H18N2S. The lowest BCUT2D eigenvalue weighted by Crippen LogP contribution is -2.25. The molecule has 0 amide bonds. The summed E-state index contributed by atoms with van der Waals surface area (Å²) in [5.41, 5.74) is 2.70. The van der Waals surface area contributed by atoms with Crippen molar-refractivity contribution in [2.24, 2.45) is 0 Å². The zero-order chi connectivity index (χ0) is 14.3. The van der Waals surface area contributed by atoms with Gasteiger partial charge >= 0.3 is 0 Å². The molecule has 3 rings (SSSR count). The van der Waals surface area contributed by atoms with Gasteiger partial charge in [-0.2, -0.15) is 0 Å². The lowest BCUT2D eigenvalue weighted by atomic mass is 9.99. The molecule has 21 heavy (non-hydrogen) atoms. The summed E-state index contributed by atoms with van der Waals surface area (Å²) in [5, 5.41) is 6.56. The Morgan fingerprint density at radius 1 is 0.857 bits per heavy atom. The summed E-state index contributed by atoms with van der Waals surface area (Å²) >= 11 is 1.65. The van der Waals surface area contributed by atoms with Gasteiger partial charge in [0.05, 0.1) is 0 Å². The molecule has 0 aliphatic carbocycles. The van der Waals surface area contributed by atoms with E-state index in [1.165, 1.54) is 11.1 Å². The Morgan fingerprint density at radius 2 is 1.43 bits per heavy atom. The van der Waals surface area contributed by atoms with Crippen LogP contribution in [-0.4, -0.2) is 11.0 Å². The number of nitrogens with one attached hydrogen (secondary N) is 1. The number of benzene rings is 2. The molecule has 2 aromatic carbocycles. The Kier molecular flexibility index (Phi) is 4.64. The fourth-order valence-electron chi connectivity index (χ4n) is 2.44. The Morgan fingerprint density at radius 3 is 1.90 bits per heavy atom. The van der Waals surface area contributed by atoms with Crippen LogP contribution in [0.15, 0.2) is 72.2 Å². The van der Waals surface area contributed by atoms with Crippen LogP contribution < -0.4 is 5.32 Å². The highest BCUT2D eigenvalue weighted by molar-refractivity contribution is 7.13. The Labute approximate surface area is 129 Å². The molecule has 1 heterocycles. The fraction of sp³-hybridized carbons (Fsp3) is 0.167. The minimum atomic E-state index is 0.348. The summed E-state index contributed by atoms with van der Waals surface area (Å²) < 4.78 is 0. The van der Waals surface area contributed by atoms with Crippen molar-refractivity contribution < 1.29 is 0 Å². The van der Waals surface area contributed by atoms with E-state index in [2.05, 4.69) is 71.0 Å². The predicted octanol–water partition coefficient (Wildman–Crippen LogP) is 4.41. The first-order valence-corrected chi connectivity index (χ1v) is 8.02. The number of anilines is 1. The molecular weight excluding hydrogens is 276 g/mol. The molecule has 0 aliphatic heterocycles. The molecule has 1 N–H and O–H groups in total. The molecule has 2 nitrogen and oxygen atoms in total. The second-order valence-electron chi connectivity index (χ2n) is 5.06. The SMILES string of the molecule is c1ccc(CC(Cc2ccccc2)Nc2nccs2)cc1. The molecule has 0 saturated heterocycles. The van der Waals surface area contributed by atoms with Gasteiger partial charge in [-0.1, -0.05) is 60.7 Å². The average Bonchev–Trinajstić information content (AvgIpc) is 3.02. The molecule has 3 aromatic rings. The predicted molar refractivity (Wildman–Crippen MR) is 89.8 cm³/mol. The van der Waals surface area contributed by atoms with E-state index in [-0.39, 0.29) is 0 Å². The first-order chi connectivity index (χ1) is 10.4. The highest BCUT2D eigenvalue weighted by Crippen LogP contribution is 2.17. The van der Waals surface area contributed by atoms with Gasteiger partial charge in [-0.3, -0.25) is 0 Å². The van der Waals surface area contributed by atoms with Gasteiger partial charge in [0.1, 0.15) is 0 Å². The van der Waals surface area contributed by atoms with E-state index in [4.69, 9.17) is 0 Å². The molecule has 0 saturated carbocycles. The summed E-state index contributed by atoms with van der Waals surface area (Å²) in [5.74, 6) is 0. The van der Waals surface area contributed by atoms with Crippen LogP contribution in [0.4, 0.5) is 5.13 Å². The molecule has 0 unspecified atom stereocenters. The van der Waals surface area contributed by atoms with Gasteiger partial charge in [-0.25, -0.2) is 4.98 Å². The first kappa shape index (κ1) is 13.8. The molecule has 0 fully saturated rings. The van der Waals surface area contributed by atoms with Crippen LogP contribution in [0.1, 0.15) is 11.1 Å². The van der Waals surface area contributed by atoms with Gasteiger partial charge in [0.2, 0.25) is 0 Å². The zero-order valence-electron chi connectivity index (χ0n) is 11.8.